The molecule has 8 nitrogen and oxygen atoms in total. The van der Waals surface area contributed by atoms with Gasteiger partial charge in [0.05, 0.1) is 13.1 Å². The second kappa shape index (κ2) is 15.4. The van der Waals surface area contributed by atoms with Gasteiger partial charge < -0.3 is 0 Å². The van der Waals surface area contributed by atoms with Crippen molar-refractivity contribution < 1.29 is 19.2 Å². The van der Waals surface area contributed by atoms with Crippen LogP contribution in [0.25, 0.3) is 0 Å². The summed E-state index contributed by atoms with van der Waals surface area (Å²) in [4.78, 5) is 53.4. The average Bonchev–Trinajstić information content (AvgIpc) is 2.59. The van der Waals surface area contributed by atoms with Crippen molar-refractivity contribution in [2.75, 3.05) is 13.1 Å². The number of isocyanates is 4. The van der Waals surface area contributed by atoms with E-state index in [1.165, 1.54) is 24.3 Å². The predicted octanol–water partition coefficient (Wildman–Crippen LogP) is 2.54. The van der Waals surface area contributed by atoms with Gasteiger partial charge in [0.25, 0.3) is 0 Å². The van der Waals surface area contributed by atoms with Crippen LogP contribution in [-0.4, -0.2) is 43.1 Å². The summed E-state index contributed by atoms with van der Waals surface area (Å²) in [5.41, 5.74) is -0.818. The first-order valence-electron chi connectivity index (χ1n) is 8.00. The van der Waals surface area contributed by atoms with E-state index in [9.17, 15) is 19.2 Å². The maximum absolute atomic E-state index is 10.1. The number of aliphatic imine (C=N–C) groups is 4. The molecule has 0 bridgehead atoms. The summed E-state index contributed by atoms with van der Waals surface area (Å²) in [7, 11) is 0. The lowest BCUT2D eigenvalue weighted by Gasteiger charge is -2.25. The van der Waals surface area contributed by atoms with Crippen LogP contribution in [0.1, 0.15) is 57.8 Å². The highest BCUT2D eigenvalue weighted by Gasteiger charge is 2.31. The maximum atomic E-state index is 10.1. The van der Waals surface area contributed by atoms with Gasteiger partial charge in [-0.2, -0.15) is 9.98 Å². The Morgan fingerprint density at radius 1 is 0.625 bits per heavy atom. The molecule has 0 aliphatic heterocycles. The van der Waals surface area contributed by atoms with Crippen molar-refractivity contribution in [3.8, 4) is 0 Å². The molecule has 8 heteroatoms. The second-order valence-electron chi connectivity index (χ2n) is 5.31. The van der Waals surface area contributed by atoms with Crippen LogP contribution in [-0.2, 0) is 19.2 Å². The third-order valence-electron chi connectivity index (χ3n) is 3.58. The van der Waals surface area contributed by atoms with Gasteiger partial charge in [0, 0.05) is 0 Å². The summed E-state index contributed by atoms with van der Waals surface area (Å²) < 4.78 is 0. The van der Waals surface area contributed by atoms with Crippen molar-refractivity contribution in [2.24, 2.45) is 20.0 Å². The first-order chi connectivity index (χ1) is 11.7. The van der Waals surface area contributed by atoms with Gasteiger partial charge in [0.1, 0.15) is 0 Å². The third kappa shape index (κ3) is 11.1. The Labute approximate surface area is 140 Å². The van der Waals surface area contributed by atoms with E-state index in [0.717, 1.165) is 44.9 Å². The molecule has 0 amide bonds. The van der Waals surface area contributed by atoms with Gasteiger partial charge in [-0.25, -0.2) is 29.2 Å². The highest BCUT2D eigenvalue weighted by molar-refractivity contribution is 5.39. The van der Waals surface area contributed by atoms with Gasteiger partial charge in [-0.3, -0.25) is 0 Å². The molecule has 24 heavy (non-hydrogen) atoms. The van der Waals surface area contributed by atoms with E-state index in [0.29, 0.717) is 25.9 Å². The molecule has 0 atom stereocenters. The molecule has 0 heterocycles. The van der Waals surface area contributed by atoms with Crippen LogP contribution in [0.4, 0.5) is 0 Å². The Hall–Kier alpha value is -2.48. The minimum Gasteiger partial charge on any atom is -0.211 e. The lowest BCUT2D eigenvalue weighted by Crippen LogP contribution is -2.26. The molecule has 0 aromatic carbocycles. The molecule has 0 N–H and O–H groups in total. The van der Waals surface area contributed by atoms with Crippen LogP contribution in [0, 0.1) is 0 Å². The summed E-state index contributed by atoms with van der Waals surface area (Å²) in [5, 5.41) is 0. The SMILES string of the molecule is O=C=NC1(N=C=O)CCCCC1.O=C=NCCCCCCN=C=O. The van der Waals surface area contributed by atoms with Crippen molar-refractivity contribution in [2.45, 2.75) is 63.5 Å². The molecular formula is C16H22N4O4. The topological polar surface area (TPSA) is 118 Å². The smallest absolute Gasteiger partial charge is 0.211 e. The molecule has 0 saturated heterocycles. The Bertz CT molecular complexity index is 490. The van der Waals surface area contributed by atoms with E-state index in [4.69, 9.17) is 0 Å². The van der Waals surface area contributed by atoms with E-state index in [1.54, 1.807) is 0 Å². The van der Waals surface area contributed by atoms with Gasteiger partial charge in [0.2, 0.25) is 24.3 Å². The molecule has 1 aliphatic rings. The highest BCUT2D eigenvalue weighted by atomic mass is 16.1. The summed E-state index contributed by atoms with van der Waals surface area (Å²) in [5.74, 6) is 0. The van der Waals surface area contributed by atoms with E-state index < -0.39 is 5.66 Å². The zero-order valence-electron chi connectivity index (χ0n) is 13.7. The van der Waals surface area contributed by atoms with Crippen LogP contribution in [0.2, 0.25) is 0 Å². The van der Waals surface area contributed by atoms with Crippen LogP contribution < -0.4 is 0 Å². The van der Waals surface area contributed by atoms with Gasteiger partial charge in [-0.1, -0.05) is 19.3 Å². The average molecular weight is 334 g/mol. The van der Waals surface area contributed by atoms with Gasteiger partial charge >= 0.3 is 0 Å². The molecule has 1 fully saturated rings. The monoisotopic (exact) mass is 334 g/mol. The number of unbranched alkanes of at least 4 members (excludes halogenated alkanes) is 3. The molecular weight excluding hydrogens is 312 g/mol. The van der Waals surface area contributed by atoms with Crippen molar-refractivity contribution in [3.63, 3.8) is 0 Å². The van der Waals surface area contributed by atoms with Gasteiger partial charge in [-0.15, -0.1) is 0 Å². The fourth-order valence-electron chi connectivity index (χ4n) is 2.36. The summed E-state index contributed by atoms with van der Waals surface area (Å²) in [6.45, 7) is 1.11. The van der Waals surface area contributed by atoms with Crippen LogP contribution in [0.3, 0.4) is 0 Å². The number of nitrogens with zero attached hydrogens (tertiary/aromatic N) is 4. The summed E-state index contributed by atoms with van der Waals surface area (Å²) in [6, 6.07) is 0. The fraction of sp³-hybridized carbons (Fsp3) is 0.750. The van der Waals surface area contributed by atoms with E-state index in [1.807, 2.05) is 0 Å². The van der Waals surface area contributed by atoms with Gasteiger partial charge in [-0.05, 0) is 38.5 Å². The van der Waals surface area contributed by atoms with E-state index >= 15 is 0 Å². The van der Waals surface area contributed by atoms with Crippen LogP contribution in [0.15, 0.2) is 20.0 Å². The summed E-state index contributed by atoms with van der Waals surface area (Å²) >= 11 is 0. The molecule has 1 aliphatic carbocycles. The highest BCUT2D eigenvalue weighted by Crippen LogP contribution is 2.32. The largest absolute Gasteiger partial charge is 0.237 e. The standard InChI is InChI=1S/C8H10N2O2.C8H12N2O2/c11-6-9-8(10-7-12)4-2-1-3-5-8;11-7-9-5-3-1-2-4-6-10-8-12/h1-5H2;1-6H2. The Kier molecular flexibility index (Phi) is 13.8. The maximum Gasteiger partial charge on any atom is 0.237 e. The van der Waals surface area contributed by atoms with Crippen molar-refractivity contribution in [1.82, 2.24) is 0 Å². The Balaban J connectivity index is 0.000000441. The Morgan fingerprint density at radius 3 is 1.46 bits per heavy atom. The minimum atomic E-state index is -0.818. The molecule has 1 saturated carbocycles. The molecule has 0 aromatic rings. The van der Waals surface area contributed by atoms with Crippen molar-refractivity contribution in [1.29, 1.82) is 0 Å². The van der Waals surface area contributed by atoms with Crippen LogP contribution >= 0.6 is 0 Å². The van der Waals surface area contributed by atoms with E-state index in [2.05, 4.69) is 20.0 Å². The molecule has 0 aromatic heterocycles. The molecule has 1 rings (SSSR count). The lowest BCUT2D eigenvalue weighted by atomic mass is 9.90. The first kappa shape index (κ1) is 21.5. The number of rotatable bonds is 9. The normalized spacial score (nSPS) is 14.3. The fourth-order valence-corrected chi connectivity index (χ4v) is 2.36. The third-order valence-corrected chi connectivity index (χ3v) is 3.58. The molecule has 130 valence electrons. The summed E-state index contributed by atoms with van der Waals surface area (Å²) in [6.07, 6.45) is 14.1. The van der Waals surface area contributed by atoms with Gasteiger partial charge in [0.15, 0.2) is 5.66 Å². The van der Waals surface area contributed by atoms with E-state index in [-0.39, 0.29) is 0 Å². The first-order valence-corrected chi connectivity index (χ1v) is 8.00. The number of hydrogen-bond donors (Lipinski definition) is 0. The second-order valence-corrected chi connectivity index (χ2v) is 5.31. The van der Waals surface area contributed by atoms with Crippen LogP contribution in [0.5, 0.6) is 0 Å². The van der Waals surface area contributed by atoms with Crippen molar-refractivity contribution >= 4 is 24.3 Å². The molecule has 0 unspecified atom stereocenters. The number of hydrogen-bond acceptors (Lipinski definition) is 8. The lowest BCUT2D eigenvalue weighted by molar-refractivity contribution is 0.309. The van der Waals surface area contributed by atoms with Crippen molar-refractivity contribution in [3.05, 3.63) is 0 Å². The zero-order chi connectivity index (χ0) is 17.9. The zero-order valence-corrected chi connectivity index (χ0v) is 13.7. The molecule has 0 spiro atoms. The number of carbonyl (C=O) groups excluding carboxylic acids is 4. The minimum absolute atomic E-state index is 0.556. The Morgan fingerprint density at radius 2 is 1.08 bits per heavy atom. The quantitative estimate of drug-likeness (QED) is 0.365. The molecule has 0 radical (unpaired) electrons. The predicted molar refractivity (Wildman–Crippen MR) is 86.5 cm³/mol.